The molecule has 0 radical (unpaired) electrons. The summed E-state index contributed by atoms with van der Waals surface area (Å²) in [6, 6.07) is 11.7. The Labute approximate surface area is 145 Å². The van der Waals surface area contributed by atoms with Crippen molar-refractivity contribution < 1.29 is 23.0 Å². The van der Waals surface area contributed by atoms with E-state index in [4.69, 9.17) is 4.74 Å². The van der Waals surface area contributed by atoms with Gasteiger partial charge in [0.05, 0.1) is 7.11 Å². The summed E-state index contributed by atoms with van der Waals surface area (Å²) in [5.41, 5.74) is 2.08. The van der Waals surface area contributed by atoms with Crippen LogP contribution in [-0.4, -0.2) is 33.6 Å². The lowest BCUT2D eigenvalue weighted by Crippen LogP contribution is -2.08. The Kier molecular flexibility index (Phi) is 6.11. The number of carbonyl (C=O) groups excluding carboxylic acids is 1. The topological polar surface area (TPSA) is 38.8 Å². The van der Waals surface area contributed by atoms with Crippen molar-refractivity contribution in [2.75, 3.05) is 26.1 Å². The molecule has 6 heteroatoms. The van der Waals surface area contributed by atoms with Gasteiger partial charge in [-0.25, -0.2) is 0 Å². The number of ether oxygens (including phenoxy) is 2. The molecule has 0 atom stereocenters. The minimum Gasteiger partial charge on any atom is -0.493 e. The Hall–Kier alpha value is -2.89. The first-order valence-electron chi connectivity index (χ1n) is 7.53. The number of anilines is 1. The highest BCUT2D eigenvalue weighted by atomic mass is 19.3. The van der Waals surface area contributed by atoms with Gasteiger partial charge in [0.25, 0.3) is 0 Å². The van der Waals surface area contributed by atoms with Crippen LogP contribution in [0.1, 0.15) is 15.9 Å². The highest BCUT2D eigenvalue weighted by Gasteiger charge is 2.11. The van der Waals surface area contributed by atoms with E-state index in [1.54, 1.807) is 24.3 Å². The van der Waals surface area contributed by atoms with E-state index in [0.29, 0.717) is 11.1 Å². The molecule has 0 heterocycles. The van der Waals surface area contributed by atoms with E-state index in [2.05, 4.69) is 4.74 Å². The molecule has 0 N–H and O–H groups in total. The van der Waals surface area contributed by atoms with Crippen molar-refractivity contribution in [3.8, 4) is 11.5 Å². The maximum Gasteiger partial charge on any atom is 0.387 e. The molecular weight excluding hydrogens is 328 g/mol. The predicted octanol–water partition coefficient (Wildman–Crippen LogP) is 4.26. The first-order chi connectivity index (χ1) is 11.9. The van der Waals surface area contributed by atoms with Crippen LogP contribution in [0.5, 0.6) is 11.5 Å². The van der Waals surface area contributed by atoms with Crippen LogP contribution in [-0.2, 0) is 0 Å². The van der Waals surface area contributed by atoms with Crippen molar-refractivity contribution in [3.05, 3.63) is 59.7 Å². The second kappa shape index (κ2) is 8.28. The number of nitrogens with zero attached hydrogens (tertiary/aromatic N) is 1. The maximum absolute atomic E-state index is 12.4. The summed E-state index contributed by atoms with van der Waals surface area (Å²) in [6.07, 6.45) is 2.93. The smallest absolute Gasteiger partial charge is 0.387 e. The zero-order valence-corrected chi connectivity index (χ0v) is 14.2. The molecule has 0 aliphatic rings. The zero-order valence-electron chi connectivity index (χ0n) is 14.2. The Morgan fingerprint density at radius 3 is 2.32 bits per heavy atom. The number of allylic oxidation sites excluding steroid dienone is 1. The largest absolute Gasteiger partial charge is 0.493 e. The lowest BCUT2D eigenvalue weighted by Gasteiger charge is -2.12. The van der Waals surface area contributed by atoms with Crippen LogP contribution in [0, 0.1) is 0 Å². The third-order valence-corrected chi connectivity index (χ3v) is 3.50. The number of ketones is 1. The molecule has 0 aromatic heterocycles. The zero-order chi connectivity index (χ0) is 18.4. The minimum absolute atomic E-state index is 0.0811. The molecule has 0 saturated heterocycles. The van der Waals surface area contributed by atoms with E-state index >= 15 is 0 Å². The molecule has 0 saturated carbocycles. The van der Waals surface area contributed by atoms with Crippen LogP contribution in [0.15, 0.2) is 48.5 Å². The number of carbonyl (C=O) groups is 1. The van der Waals surface area contributed by atoms with Crippen LogP contribution in [0.2, 0.25) is 0 Å². The lowest BCUT2D eigenvalue weighted by atomic mass is 10.1. The number of halogens is 2. The van der Waals surface area contributed by atoms with Gasteiger partial charge < -0.3 is 14.4 Å². The highest BCUT2D eigenvalue weighted by molar-refractivity contribution is 6.07. The van der Waals surface area contributed by atoms with Gasteiger partial charge in [0.15, 0.2) is 17.3 Å². The minimum atomic E-state index is -2.95. The van der Waals surface area contributed by atoms with Crippen LogP contribution >= 0.6 is 0 Å². The lowest BCUT2D eigenvalue weighted by molar-refractivity contribution is -0.0512. The molecule has 0 spiro atoms. The molecule has 0 amide bonds. The summed E-state index contributed by atoms with van der Waals surface area (Å²) in [5, 5.41) is 0. The maximum atomic E-state index is 12.4. The summed E-state index contributed by atoms with van der Waals surface area (Å²) in [5.74, 6) is -0.0667. The first-order valence-corrected chi connectivity index (χ1v) is 7.53. The number of benzene rings is 2. The molecule has 25 heavy (non-hydrogen) atoms. The fourth-order valence-electron chi connectivity index (χ4n) is 2.18. The Bertz CT molecular complexity index is 756. The molecule has 0 bridgehead atoms. The number of rotatable bonds is 7. The number of alkyl halides is 2. The molecule has 2 rings (SSSR count). The Morgan fingerprint density at radius 1 is 1.08 bits per heavy atom. The highest BCUT2D eigenvalue weighted by Crippen LogP contribution is 2.30. The number of methoxy groups -OCH3 is 1. The average molecular weight is 347 g/mol. The van der Waals surface area contributed by atoms with E-state index in [-0.39, 0.29) is 17.3 Å². The molecule has 0 aliphatic carbocycles. The van der Waals surface area contributed by atoms with Crippen LogP contribution in [0.3, 0.4) is 0 Å². The second-order valence-electron chi connectivity index (χ2n) is 5.43. The SMILES string of the molecule is COc1ccc(C=CC(=O)c2ccc(N(C)C)cc2)cc1OC(F)F. The predicted molar refractivity (Wildman–Crippen MR) is 93.8 cm³/mol. The molecule has 0 fully saturated rings. The second-order valence-corrected chi connectivity index (χ2v) is 5.43. The van der Waals surface area contributed by atoms with Gasteiger partial charge >= 0.3 is 6.61 Å². The quantitative estimate of drug-likeness (QED) is 0.554. The molecular formula is C19H19F2NO3. The fourth-order valence-corrected chi connectivity index (χ4v) is 2.18. The van der Waals surface area contributed by atoms with E-state index in [1.165, 1.54) is 25.3 Å². The van der Waals surface area contributed by atoms with Gasteiger partial charge in [-0.1, -0.05) is 12.1 Å². The van der Waals surface area contributed by atoms with E-state index in [9.17, 15) is 13.6 Å². The average Bonchev–Trinajstić information content (AvgIpc) is 2.59. The Morgan fingerprint density at radius 2 is 1.76 bits per heavy atom. The van der Waals surface area contributed by atoms with Crippen molar-refractivity contribution in [1.29, 1.82) is 0 Å². The van der Waals surface area contributed by atoms with Gasteiger partial charge in [-0.3, -0.25) is 4.79 Å². The van der Waals surface area contributed by atoms with Gasteiger partial charge in [0.1, 0.15) is 0 Å². The summed E-state index contributed by atoms with van der Waals surface area (Å²) in [4.78, 5) is 14.1. The van der Waals surface area contributed by atoms with Crippen molar-refractivity contribution in [3.63, 3.8) is 0 Å². The number of hydrogen-bond acceptors (Lipinski definition) is 4. The van der Waals surface area contributed by atoms with Gasteiger partial charge in [0, 0.05) is 25.3 Å². The Balaban J connectivity index is 2.16. The monoisotopic (exact) mass is 347 g/mol. The van der Waals surface area contributed by atoms with Crippen molar-refractivity contribution >= 4 is 17.5 Å². The van der Waals surface area contributed by atoms with Crippen LogP contribution in [0.25, 0.3) is 6.08 Å². The van der Waals surface area contributed by atoms with Crippen LogP contribution in [0.4, 0.5) is 14.5 Å². The number of hydrogen-bond donors (Lipinski definition) is 0. The van der Waals surface area contributed by atoms with Gasteiger partial charge in [-0.05, 0) is 48.0 Å². The van der Waals surface area contributed by atoms with Crippen molar-refractivity contribution in [1.82, 2.24) is 0 Å². The molecule has 132 valence electrons. The van der Waals surface area contributed by atoms with E-state index in [0.717, 1.165) is 5.69 Å². The standard InChI is InChI=1S/C19H19F2NO3/c1-22(2)15-8-6-14(7-9-15)16(23)10-4-13-5-11-17(24-3)18(12-13)25-19(20)21/h4-12,19H,1-3H3. The normalized spacial score (nSPS) is 11.0. The first kappa shape index (κ1) is 18.4. The molecule has 2 aromatic rings. The summed E-state index contributed by atoms with van der Waals surface area (Å²) >= 11 is 0. The molecule has 2 aromatic carbocycles. The third kappa shape index (κ3) is 5.04. The fraction of sp³-hybridized carbons (Fsp3) is 0.211. The summed E-state index contributed by atoms with van der Waals surface area (Å²) < 4.78 is 34.3. The van der Waals surface area contributed by atoms with Crippen LogP contribution < -0.4 is 14.4 Å². The van der Waals surface area contributed by atoms with Crippen molar-refractivity contribution in [2.24, 2.45) is 0 Å². The third-order valence-electron chi connectivity index (χ3n) is 3.50. The van der Waals surface area contributed by atoms with E-state index < -0.39 is 6.61 Å². The van der Waals surface area contributed by atoms with Gasteiger partial charge in [-0.2, -0.15) is 8.78 Å². The molecule has 0 unspecified atom stereocenters. The van der Waals surface area contributed by atoms with Crippen molar-refractivity contribution in [2.45, 2.75) is 6.61 Å². The molecule has 0 aliphatic heterocycles. The molecule has 4 nitrogen and oxygen atoms in total. The van der Waals surface area contributed by atoms with Gasteiger partial charge in [-0.15, -0.1) is 0 Å². The summed E-state index contributed by atoms with van der Waals surface area (Å²) in [6.45, 7) is -2.95. The van der Waals surface area contributed by atoms with Gasteiger partial charge in [0.2, 0.25) is 0 Å². The van der Waals surface area contributed by atoms with E-state index in [1.807, 2.05) is 31.1 Å². The summed E-state index contributed by atoms with van der Waals surface area (Å²) in [7, 11) is 5.20.